The van der Waals surface area contributed by atoms with Crippen LogP contribution < -0.4 is 15.5 Å². The predicted molar refractivity (Wildman–Crippen MR) is 99.0 cm³/mol. The lowest BCUT2D eigenvalue weighted by Gasteiger charge is -2.37. The molecule has 4 amide bonds. The van der Waals surface area contributed by atoms with Crippen molar-refractivity contribution < 1.29 is 23.9 Å². The highest BCUT2D eigenvalue weighted by atomic mass is 16.5. The number of piperidine rings is 1. The molecule has 0 bridgehead atoms. The van der Waals surface area contributed by atoms with E-state index in [0.717, 1.165) is 30.2 Å². The molecule has 3 heterocycles. The highest BCUT2D eigenvalue weighted by Gasteiger charge is 2.44. The number of amides is 4. The van der Waals surface area contributed by atoms with Crippen molar-refractivity contribution in [2.24, 2.45) is 0 Å². The summed E-state index contributed by atoms with van der Waals surface area (Å²) < 4.78 is 5.30. The molecule has 3 aliphatic heterocycles. The molecule has 9 heteroatoms. The molecular weight excluding hydrogens is 364 g/mol. The summed E-state index contributed by atoms with van der Waals surface area (Å²) >= 11 is 0. The van der Waals surface area contributed by atoms with Gasteiger partial charge < -0.3 is 15.0 Å². The highest BCUT2D eigenvalue weighted by molar-refractivity contribution is 6.23. The van der Waals surface area contributed by atoms with E-state index in [4.69, 9.17) is 4.74 Å². The lowest BCUT2D eigenvalue weighted by atomic mass is 10.0. The van der Waals surface area contributed by atoms with Crippen LogP contribution in [0.1, 0.15) is 33.6 Å². The summed E-state index contributed by atoms with van der Waals surface area (Å²) in [5, 5.41) is 5.53. The molecule has 2 fully saturated rings. The molecule has 0 radical (unpaired) electrons. The minimum Gasteiger partial charge on any atom is -0.383 e. The van der Waals surface area contributed by atoms with E-state index in [-0.39, 0.29) is 30.4 Å². The lowest BCUT2D eigenvalue weighted by Crippen LogP contribution is -2.54. The average molecular weight is 386 g/mol. The summed E-state index contributed by atoms with van der Waals surface area (Å²) in [7, 11) is 1.65. The van der Waals surface area contributed by atoms with Gasteiger partial charge in [-0.3, -0.25) is 29.4 Å². The quantitative estimate of drug-likeness (QED) is 0.673. The van der Waals surface area contributed by atoms with Crippen LogP contribution in [0.25, 0.3) is 0 Å². The second kappa shape index (κ2) is 7.33. The van der Waals surface area contributed by atoms with Gasteiger partial charge in [-0.05, 0) is 24.6 Å². The Morgan fingerprint density at radius 3 is 2.68 bits per heavy atom. The maximum absolute atomic E-state index is 13.0. The van der Waals surface area contributed by atoms with Crippen molar-refractivity contribution in [3.63, 3.8) is 0 Å². The molecule has 4 rings (SSSR count). The predicted octanol–water partition coefficient (Wildman–Crippen LogP) is -0.488. The minimum atomic E-state index is -0.950. The van der Waals surface area contributed by atoms with Crippen LogP contribution in [0, 0.1) is 0 Å². The maximum atomic E-state index is 13.0. The number of anilines is 1. The first kappa shape index (κ1) is 18.6. The summed E-state index contributed by atoms with van der Waals surface area (Å²) in [5.74, 6) is -1.97. The first-order valence-electron chi connectivity index (χ1n) is 9.33. The van der Waals surface area contributed by atoms with Gasteiger partial charge in [-0.2, -0.15) is 0 Å². The Labute approximate surface area is 162 Å². The molecule has 0 spiro atoms. The molecule has 148 valence electrons. The third-order valence-corrected chi connectivity index (χ3v) is 5.46. The van der Waals surface area contributed by atoms with E-state index in [1.807, 2.05) is 6.07 Å². The van der Waals surface area contributed by atoms with E-state index in [0.29, 0.717) is 12.2 Å². The van der Waals surface area contributed by atoms with Crippen molar-refractivity contribution in [3.8, 4) is 0 Å². The van der Waals surface area contributed by atoms with Crippen LogP contribution in [0.3, 0.4) is 0 Å². The summed E-state index contributed by atoms with van der Waals surface area (Å²) in [4.78, 5) is 52.4. The third kappa shape index (κ3) is 3.06. The Balaban J connectivity index is 1.62. The normalized spacial score (nSPS) is 25.2. The van der Waals surface area contributed by atoms with Gasteiger partial charge in [-0.1, -0.05) is 0 Å². The number of ether oxygens (including phenoxy) is 1. The Morgan fingerprint density at radius 2 is 1.93 bits per heavy atom. The molecule has 28 heavy (non-hydrogen) atoms. The number of rotatable bonds is 4. The number of benzene rings is 1. The molecule has 9 nitrogen and oxygen atoms in total. The molecule has 3 aliphatic rings. The van der Waals surface area contributed by atoms with Crippen LogP contribution in [-0.2, 0) is 14.3 Å². The zero-order valence-electron chi connectivity index (χ0n) is 15.6. The topological polar surface area (TPSA) is 108 Å². The molecule has 1 aromatic rings. The highest BCUT2D eigenvalue weighted by Crippen LogP contribution is 2.31. The number of nitrogens with zero attached hydrogens (tertiary/aromatic N) is 2. The molecule has 1 aromatic carbocycles. The van der Waals surface area contributed by atoms with Gasteiger partial charge in [-0.15, -0.1) is 0 Å². The smallest absolute Gasteiger partial charge is 0.262 e. The van der Waals surface area contributed by atoms with Crippen LogP contribution in [0.15, 0.2) is 18.2 Å². The van der Waals surface area contributed by atoms with Crippen LogP contribution in [-0.4, -0.2) is 74.0 Å². The molecule has 0 aliphatic carbocycles. The van der Waals surface area contributed by atoms with Crippen molar-refractivity contribution in [3.05, 3.63) is 29.3 Å². The van der Waals surface area contributed by atoms with E-state index >= 15 is 0 Å². The number of hydrogen-bond acceptors (Lipinski definition) is 7. The number of imide groups is 2. The van der Waals surface area contributed by atoms with Crippen molar-refractivity contribution in [2.75, 3.05) is 38.3 Å². The molecular formula is C19H22N4O5. The van der Waals surface area contributed by atoms with E-state index in [1.165, 1.54) is 0 Å². The SMILES string of the molecule is COCC1CNCCN1c1ccc2c(c1)C(=O)N(C1CCC(=O)NC1=O)C2=O. The van der Waals surface area contributed by atoms with E-state index < -0.39 is 23.8 Å². The number of fused-ring (bicyclic) bond motifs is 1. The molecule has 2 saturated heterocycles. The van der Waals surface area contributed by atoms with E-state index in [9.17, 15) is 19.2 Å². The largest absolute Gasteiger partial charge is 0.383 e. The third-order valence-electron chi connectivity index (χ3n) is 5.46. The van der Waals surface area contributed by atoms with Gasteiger partial charge in [0.1, 0.15) is 6.04 Å². The summed E-state index contributed by atoms with van der Waals surface area (Å²) in [6.45, 7) is 2.87. The molecule has 2 unspecified atom stereocenters. The molecule has 0 saturated carbocycles. The van der Waals surface area contributed by atoms with Crippen LogP contribution in [0.2, 0.25) is 0 Å². The Hall–Kier alpha value is -2.78. The fourth-order valence-corrected chi connectivity index (χ4v) is 4.08. The van der Waals surface area contributed by atoms with E-state index in [2.05, 4.69) is 15.5 Å². The van der Waals surface area contributed by atoms with Crippen molar-refractivity contribution >= 4 is 29.3 Å². The summed E-state index contributed by atoms with van der Waals surface area (Å²) in [6, 6.07) is 4.36. The van der Waals surface area contributed by atoms with Crippen molar-refractivity contribution in [1.29, 1.82) is 0 Å². The number of methoxy groups -OCH3 is 1. The van der Waals surface area contributed by atoms with Crippen LogP contribution >= 0.6 is 0 Å². The van der Waals surface area contributed by atoms with Crippen molar-refractivity contribution in [2.45, 2.75) is 24.9 Å². The monoisotopic (exact) mass is 386 g/mol. The molecule has 2 N–H and O–H groups in total. The number of piperazine rings is 1. The van der Waals surface area contributed by atoms with Crippen LogP contribution in [0.5, 0.6) is 0 Å². The first-order chi connectivity index (χ1) is 13.5. The van der Waals surface area contributed by atoms with Gasteiger partial charge >= 0.3 is 0 Å². The maximum Gasteiger partial charge on any atom is 0.262 e. The van der Waals surface area contributed by atoms with Gasteiger partial charge in [-0.25, -0.2) is 0 Å². The number of hydrogen-bond donors (Lipinski definition) is 2. The summed E-state index contributed by atoms with van der Waals surface area (Å²) in [6.07, 6.45) is 0.255. The van der Waals surface area contributed by atoms with Gasteiger partial charge in [0, 0.05) is 38.9 Å². The first-order valence-corrected chi connectivity index (χ1v) is 9.33. The van der Waals surface area contributed by atoms with Gasteiger partial charge in [0.25, 0.3) is 11.8 Å². The molecule has 0 aromatic heterocycles. The zero-order chi connectivity index (χ0) is 19.8. The fraction of sp³-hybridized carbons (Fsp3) is 0.474. The fourth-order valence-electron chi connectivity index (χ4n) is 4.08. The van der Waals surface area contributed by atoms with Gasteiger partial charge in [0.2, 0.25) is 11.8 Å². The zero-order valence-corrected chi connectivity index (χ0v) is 15.6. The average Bonchev–Trinajstić information content (AvgIpc) is 2.93. The Morgan fingerprint density at radius 1 is 1.14 bits per heavy atom. The second-order valence-corrected chi connectivity index (χ2v) is 7.18. The Bertz CT molecular complexity index is 853. The number of carbonyl (C=O) groups excluding carboxylic acids is 4. The van der Waals surface area contributed by atoms with Gasteiger partial charge in [0.05, 0.1) is 23.8 Å². The number of nitrogens with one attached hydrogen (secondary N) is 2. The lowest BCUT2D eigenvalue weighted by molar-refractivity contribution is -0.136. The minimum absolute atomic E-state index is 0.106. The van der Waals surface area contributed by atoms with Crippen LogP contribution in [0.4, 0.5) is 5.69 Å². The summed E-state index contributed by atoms with van der Waals surface area (Å²) in [5.41, 5.74) is 1.42. The molecule has 2 atom stereocenters. The van der Waals surface area contributed by atoms with Crippen molar-refractivity contribution in [1.82, 2.24) is 15.5 Å². The van der Waals surface area contributed by atoms with Gasteiger partial charge in [0.15, 0.2) is 0 Å². The second-order valence-electron chi connectivity index (χ2n) is 7.18. The Kier molecular flexibility index (Phi) is 4.86. The standard InChI is InChI=1S/C19H22N4O5/c1-28-10-12-9-20-6-7-22(12)11-2-3-13-14(8-11)19(27)23(18(13)26)15-4-5-16(24)21-17(15)25/h2-3,8,12,15,20H,4-7,9-10H2,1H3,(H,21,24,25). The number of carbonyl (C=O) groups is 4. The van der Waals surface area contributed by atoms with E-state index in [1.54, 1.807) is 19.2 Å².